The molecule has 118 valence electrons. The fourth-order valence-corrected chi connectivity index (χ4v) is 4.44. The third-order valence-electron chi connectivity index (χ3n) is 3.36. The van der Waals surface area contributed by atoms with E-state index in [-0.39, 0.29) is 0 Å². The van der Waals surface area contributed by atoms with Gasteiger partial charge in [0.05, 0.1) is 5.39 Å². The van der Waals surface area contributed by atoms with Crippen LogP contribution in [0.1, 0.15) is 11.8 Å². The molecule has 1 unspecified atom stereocenters. The summed E-state index contributed by atoms with van der Waals surface area (Å²) in [4.78, 5) is 21.6. The third-order valence-corrected chi connectivity index (χ3v) is 5.58. The number of hydrogen-bond donors (Lipinski definition) is 1. The molecule has 2 heterocycles. The Balaban J connectivity index is 2.12. The number of nitrogens with zero attached hydrogens (tertiary/aromatic N) is 2. The molecule has 0 bridgehead atoms. The molecule has 0 aliphatic heterocycles. The van der Waals surface area contributed by atoms with Crippen molar-refractivity contribution in [1.82, 2.24) is 9.97 Å². The normalized spacial score (nSPS) is 12.5. The maximum absolute atomic E-state index is 11.0. The summed E-state index contributed by atoms with van der Waals surface area (Å²) in [5.41, 5.74) is 2.11. The first-order chi connectivity index (χ1) is 11.0. The van der Waals surface area contributed by atoms with Crippen LogP contribution in [0.5, 0.6) is 0 Å². The molecule has 0 saturated carbocycles. The van der Waals surface area contributed by atoms with Crippen LogP contribution >= 0.6 is 34.7 Å². The number of carbonyl (C=O) groups is 1. The molecule has 0 spiro atoms. The van der Waals surface area contributed by atoms with Gasteiger partial charge in [-0.3, -0.25) is 4.79 Å². The lowest BCUT2D eigenvalue weighted by molar-refractivity contribution is -0.136. The molecular weight excluding hydrogens is 352 g/mol. The van der Waals surface area contributed by atoms with Crippen molar-refractivity contribution in [3.05, 3.63) is 40.4 Å². The van der Waals surface area contributed by atoms with Gasteiger partial charge in [-0.05, 0) is 19.4 Å². The van der Waals surface area contributed by atoms with Crippen LogP contribution in [0.2, 0.25) is 5.15 Å². The molecule has 0 radical (unpaired) electrons. The average molecular weight is 365 g/mol. The van der Waals surface area contributed by atoms with E-state index in [1.165, 1.54) is 0 Å². The maximum atomic E-state index is 11.0. The molecule has 7 heteroatoms. The summed E-state index contributed by atoms with van der Waals surface area (Å²) < 4.78 is 0. The molecule has 3 aromatic rings. The second-order valence-electron chi connectivity index (χ2n) is 4.97. The molecule has 1 atom stereocenters. The predicted molar refractivity (Wildman–Crippen MR) is 95.6 cm³/mol. The quantitative estimate of drug-likeness (QED) is 0.406. The SMILES string of the molecule is Cc1sc2nc(SC(C)C(=O)O)nc(Cl)c2c1-c1ccccc1. The third kappa shape index (κ3) is 3.20. The molecular formula is C16H13ClN2O2S2. The number of thiophene rings is 1. The number of aryl methyl sites for hydroxylation is 1. The number of fused-ring (bicyclic) bond motifs is 1. The molecule has 1 aromatic carbocycles. The Morgan fingerprint density at radius 2 is 2.00 bits per heavy atom. The Morgan fingerprint density at radius 1 is 1.30 bits per heavy atom. The van der Waals surface area contributed by atoms with Gasteiger partial charge in [-0.15, -0.1) is 11.3 Å². The molecule has 0 aliphatic rings. The van der Waals surface area contributed by atoms with E-state index in [4.69, 9.17) is 16.7 Å². The van der Waals surface area contributed by atoms with Crippen LogP contribution < -0.4 is 0 Å². The maximum Gasteiger partial charge on any atom is 0.316 e. The molecule has 0 fully saturated rings. The summed E-state index contributed by atoms with van der Waals surface area (Å²) in [6.45, 7) is 3.63. The van der Waals surface area contributed by atoms with Crippen LogP contribution in [0.25, 0.3) is 21.3 Å². The number of aliphatic carboxylic acids is 1. The minimum atomic E-state index is -0.901. The Bertz CT molecular complexity index is 881. The van der Waals surface area contributed by atoms with Crippen LogP contribution in [-0.4, -0.2) is 26.3 Å². The van der Waals surface area contributed by atoms with Gasteiger partial charge in [-0.25, -0.2) is 9.97 Å². The van der Waals surface area contributed by atoms with Gasteiger partial charge in [0, 0.05) is 10.4 Å². The number of hydrogen-bond acceptors (Lipinski definition) is 5. The smallest absolute Gasteiger partial charge is 0.316 e. The predicted octanol–water partition coefficient (Wildman–Crippen LogP) is 4.89. The standard InChI is InChI=1S/C16H13ClN2O2S2/c1-8-11(10-6-4-3-5-7-10)12-13(17)18-16(19-14(12)22-8)23-9(2)15(20)21/h3-7,9H,1-2H3,(H,20,21). The molecule has 0 saturated heterocycles. The highest BCUT2D eigenvalue weighted by atomic mass is 35.5. The van der Waals surface area contributed by atoms with Crippen molar-refractivity contribution in [2.45, 2.75) is 24.3 Å². The Labute approximate surface area is 146 Å². The van der Waals surface area contributed by atoms with Crippen molar-refractivity contribution < 1.29 is 9.90 Å². The highest BCUT2D eigenvalue weighted by molar-refractivity contribution is 8.00. The Hall–Kier alpha value is -1.63. The summed E-state index contributed by atoms with van der Waals surface area (Å²) in [6, 6.07) is 9.98. The lowest BCUT2D eigenvalue weighted by Gasteiger charge is -2.06. The van der Waals surface area contributed by atoms with E-state index in [0.29, 0.717) is 10.3 Å². The van der Waals surface area contributed by atoms with Crippen molar-refractivity contribution in [1.29, 1.82) is 0 Å². The summed E-state index contributed by atoms with van der Waals surface area (Å²) >= 11 is 9.02. The van der Waals surface area contributed by atoms with Gasteiger partial charge >= 0.3 is 5.97 Å². The van der Waals surface area contributed by atoms with Crippen LogP contribution in [0.4, 0.5) is 0 Å². The fraction of sp³-hybridized carbons (Fsp3) is 0.188. The number of thioether (sulfide) groups is 1. The molecule has 4 nitrogen and oxygen atoms in total. The Morgan fingerprint density at radius 3 is 2.65 bits per heavy atom. The largest absolute Gasteiger partial charge is 0.480 e. The summed E-state index contributed by atoms with van der Waals surface area (Å²) in [5, 5.41) is 9.96. The monoisotopic (exact) mass is 364 g/mol. The van der Waals surface area contributed by atoms with Crippen LogP contribution in [-0.2, 0) is 4.79 Å². The first-order valence-corrected chi connectivity index (χ1v) is 8.96. The topological polar surface area (TPSA) is 63.1 Å². The van der Waals surface area contributed by atoms with Crippen molar-refractivity contribution in [2.75, 3.05) is 0 Å². The average Bonchev–Trinajstić information content (AvgIpc) is 2.84. The number of carboxylic acid groups (broad SMARTS) is 1. The van der Waals surface area contributed by atoms with E-state index < -0.39 is 11.2 Å². The zero-order valence-electron chi connectivity index (χ0n) is 12.4. The molecule has 2 aromatic heterocycles. The molecule has 0 amide bonds. The van der Waals surface area contributed by atoms with E-state index in [1.54, 1.807) is 18.3 Å². The fourth-order valence-electron chi connectivity index (χ4n) is 2.27. The zero-order valence-corrected chi connectivity index (χ0v) is 14.8. The molecule has 23 heavy (non-hydrogen) atoms. The van der Waals surface area contributed by atoms with E-state index >= 15 is 0 Å². The second kappa shape index (κ2) is 6.47. The highest BCUT2D eigenvalue weighted by Gasteiger charge is 2.20. The lowest BCUT2D eigenvalue weighted by atomic mass is 10.0. The van der Waals surface area contributed by atoms with Crippen molar-refractivity contribution in [2.24, 2.45) is 0 Å². The van der Waals surface area contributed by atoms with Gasteiger partial charge in [-0.1, -0.05) is 53.7 Å². The molecule has 1 N–H and O–H groups in total. The van der Waals surface area contributed by atoms with Gasteiger partial charge in [0.1, 0.15) is 15.2 Å². The molecule has 0 aliphatic carbocycles. The summed E-state index contributed by atoms with van der Waals surface area (Å²) in [5.74, 6) is -0.901. The number of rotatable bonds is 4. The van der Waals surface area contributed by atoms with Crippen molar-refractivity contribution >= 4 is 50.9 Å². The number of aromatic nitrogens is 2. The van der Waals surface area contributed by atoms with Gasteiger partial charge in [0.2, 0.25) is 0 Å². The zero-order chi connectivity index (χ0) is 16.6. The van der Waals surface area contributed by atoms with Crippen LogP contribution in [0.15, 0.2) is 35.5 Å². The highest BCUT2D eigenvalue weighted by Crippen LogP contribution is 2.41. The number of carboxylic acids is 1. The number of halogens is 1. The van der Waals surface area contributed by atoms with Gasteiger partial charge in [0.15, 0.2) is 5.16 Å². The minimum Gasteiger partial charge on any atom is -0.480 e. The van der Waals surface area contributed by atoms with Crippen LogP contribution in [0.3, 0.4) is 0 Å². The minimum absolute atomic E-state index is 0.360. The Kier molecular flexibility index (Phi) is 4.57. The second-order valence-corrected chi connectivity index (χ2v) is 7.84. The lowest BCUT2D eigenvalue weighted by Crippen LogP contribution is -2.11. The summed E-state index contributed by atoms with van der Waals surface area (Å²) in [6.07, 6.45) is 0. The van der Waals surface area contributed by atoms with E-state index in [0.717, 1.165) is 38.0 Å². The summed E-state index contributed by atoms with van der Waals surface area (Å²) in [7, 11) is 0. The van der Waals surface area contributed by atoms with E-state index in [2.05, 4.69) is 9.97 Å². The van der Waals surface area contributed by atoms with Gasteiger partial charge in [-0.2, -0.15) is 0 Å². The first kappa shape index (κ1) is 16.2. The number of benzene rings is 1. The van der Waals surface area contributed by atoms with Crippen molar-refractivity contribution in [3.63, 3.8) is 0 Å². The van der Waals surface area contributed by atoms with Gasteiger partial charge < -0.3 is 5.11 Å². The van der Waals surface area contributed by atoms with Crippen LogP contribution in [0, 0.1) is 6.92 Å². The molecule has 3 rings (SSSR count). The van der Waals surface area contributed by atoms with E-state index in [9.17, 15) is 4.79 Å². The van der Waals surface area contributed by atoms with E-state index in [1.807, 2.05) is 37.3 Å². The first-order valence-electron chi connectivity index (χ1n) is 6.89. The van der Waals surface area contributed by atoms with Gasteiger partial charge in [0.25, 0.3) is 0 Å². The van der Waals surface area contributed by atoms with Crippen molar-refractivity contribution in [3.8, 4) is 11.1 Å².